The Bertz CT molecular complexity index is 929. The van der Waals surface area contributed by atoms with Gasteiger partial charge in [-0.3, -0.25) is 0 Å². The Hall–Kier alpha value is -2.70. The van der Waals surface area contributed by atoms with Crippen molar-refractivity contribution in [1.82, 2.24) is 4.98 Å². The van der Waals surface area contributed by atoms with Gasteiger partial charge >= 0.3 is 6.18 Å². The molecule has 2 bridgehead atoms. The molecular formula is C24H27F3N2O2. The van der Waals surface area contributed by atoms with E-state index in [1.807, 2.05) is 32.0 Å². The van der Waals surface area contributed by atoms with Crippen molar-refractivity contribution >= 4 is 5.82 Å². The topological polar surface area (TPSA) is 34.6 Å². The van der Waals surface area contributed by atoms with Crippen LogP contribution in [0.25, 0.3) is 0 Å². The van der Waals surface area contributed by atoms with Gasteiger partial charge in [0.15, 0.2) is 11.5 Å². The SMILES string of the molecule is C=C(C)COc1cc(C)ccc1OC1C[C@H]2CC[C@@H](C1)N2c1ccc(C(F)(F)F)cn1. The first-order valence-corrected chi connectivity index (χ1v) is 10.6. The maximum absolute atomic E-state index is 12.9. The molecule has 0 radical (unpaired) electrons. The Morgan fingerprint density at radius 1 is 1.13 bits per heavy atom. The van der Waals surface area contributed by atoms with E-state index in [9.17, 15) is 13.2 Å². The standard InChI is InChI=1S/C24H27F3N2O2/c1-15(2)14-30-22-10-16(3)4-8-21(22)31-20-11-18-6-7-19(12-20)29(18)23-9-5-17(13-28-23)24(25,26)27/h4-5,8-10,13,18-20H,1,6-7,11-12,14H2,2-3H3/t18-,19+,20?. The summed E-state index contributed by atoms with van der Waals surface area (Å²) in [5.41, 5.74) is 1.30. The van der Waals surface area contributed by atoms with E-state index in [-0.39, 0.29) is 18.2 Å². The minimum atomic E-state index is -4.37. The molecule has 1 unspecified atom stereocenters. The Kier molecular flexibility index (Phi) is 5.86. The van der Waals surface area contributed by atoms with Crippen LogP contribution in [0.4, 0.5) is 19.0 Å². The van der Waals surface area contributed by atoms with Gasteiger partial charge in [0.25, 0.3) is 0 Å². The van der Waals surface area contributed by atoms with Crippen LogP contribution in [0.15, 0.2) is 48.7 Å². The number of pyridine rings is 1. The Morgan fingerprint density at radius 2 is 1.84 bits per heavy atom. The zero-order valence-corrected chi connectivity index (χ0v) is 17.8. The fourth-order valence-corrected chi connectivity index (χ4v) is 4.51. The predicted octanol–water partition coefficient (Wildman–Crippen LogP) is 5.94. The van der Waals surface area contributed by atoms with Crippen LogP contribution in [0.2, 0.25) is 0 Å². The minimum Gasteiger partial charge on any atom is -0.486 e. The van der Waals surface area contributed by atoms with Crippen molar-refractivity contribution in [3.05, 3.63) is 59.8 Å². The fraction of sp³-hybridized carbons (Fsp3) is 0.458. The summed E-state index contributed by atoms with van der Waals surface area (Å²) in [6.07, 6.45) is 0.149. The number of anilines is 1. The number of alkyl halides is 3. The summed E-state index contributed by atoms with van der Waals surface area (Å²) in [6, 6.07) is 8.92. The highest BCUT2D eigenvalue weighted by atomic mass is 19.4. The van der Waals surface area contributed by atoms with Crippen molar-refractivity contribution in [2.75, 3.05) is 11.5 Å². The summed E-state index contributed by atoms with van der Waals surface area (Å²) in [7, 11) is 0. The maximum Gasteiger partial charge on any atom is 0.417 e. The second-order valence-electron chi connectivity index (χ2n) is 8.60. The summed E-state index contributed by atoms with van der Waals surface area (Å²) in [4.78, 5) is 6.29. The summed E-state index contributed by atoms with van der Waals surface area (Å²) >= 11 is 0. The molecule has 0 spiro atoms. The van der Waals surface area contributed by atoms with Gasteiger partial charge in [0, 0.05) is 31.1 Å². The molecule has 2 saturated heterocycles. The molecule has 7 heteroatoms. The first kappa shape index (κ1) is 21.5. The monoisotopic (exact) mass is 432 g/mol. The summed E-state index contributed by atoms with van der Waals surface area (Å²) < 4.78 is 50.8. The second kappa shape index (κ2) is 8.44. The molecule has 4 rings (SSSR count). The van der Waals surface area contributed by atoms with Crippen LogP contribution in [0.1, 0.15) is 43.7 Å². The average Bonchev–Trinajstić information content (AvgIpc) is 2.98. The van der Waals surface area contributed by atoms with E-state index in [2.05, 4.69) is 16.5 Å². The van der Waals surface area contributed by atoms with Crippen LogP contribution in [-0.2, 0) is 6.18 Å². The van der Waals surface area contributed by atoms with E-state index in [1.165, 1.54) is 6.07 Å². The third kappa shape index (κ3) is 4.81. The number of ether oxygens (including phenoxy) is 2. The lowest BCUT2D eigenvalue weighted by Crippen LogP contribution is -2.46. The molecular weight excluding hydrogens is 405 g/mol. The molecule has 3 atom stereocenters. The highest BCUT2D eigenvalue weighted by Crippen LogP contribution is 2.41. The zero-order chi connectivity index (χ0) is 22.2. The number of piperidine rings is 1. The minimum absolute atomic E-state index is 0.0260. The first-order chi connectivity index (χ1) is 14.7. The van der Waals surface area contributed by atoms with Crippen LogP contribution in [-0.4, -0.2) is 29.8 Å². The number of nitrogens with zero attached hydrogens (tertiary/aromatic N) is 2. The van der Waals surface area contributed by atoms with E-state index in [0.717, 1.165) is 54.8 Å². The number of aromatic nitrogens is 1. The third-order valence-electron chi connectivity index (χ3n) is 5.90. The Balaban J connectivity index is 1.46. The van der Waals surface area contributed by atoms with E-state index >= 15 is 0 Å². The van der Waals surface area contributed by atoms with E-state index in [4.69, 9.17) is 9.47 Å². The molecule has 166 valence electrons. The van der Waals surface area contributed by atoms with Gasteiger partial charge < -0.3 is 14.4 Å². The van der Waals surface area contributed by atoms with Crippen molar-refractivity contribution < 1.29 is 22.6 Å². The van der Waals surface area contributed by atoms with Crippen LogP contribution in [0.3, 0.4) is 0 Å². The van der Waals surface area contributed by atoms with Crippen LogP contribution in [0.5, 0.6) is 11.5 Å². The molecule has 2 fully saturated rings. The zero-order valence-electron chi connectivity index (χ0n) is 17.8. The largest absolute Gasteiger partial charge is 0.486 e. The number of hydrogen-bond donors (Lipinski definition) is 0. The highest BCUT2D eigenvalue weighted by molar-refractivity contribution is 5.46. The Morgan fingerprint density at radius 3 is 2.42 bits per heavy atom. The van der Waals surface area contributed by atoms with Crippen molar-refractivity contribution in [1.29, 1.82) is 0 Å². The number of hydrogen-bond acceptors (Lipinski definition) is 4. The predicted molar refractivity (Wildman–Crippen MR) is 114 cm³/mol. The Labute approximate surface area is 180 Å². The van der Waals surface area contributed by atoms with E-state index in [1.54, 1.807) is 0 Å². The molecule has 0 aliphatic carbocycles. The van der Waals surface area contributed by atoms with Crippen LogP contribution < -0.4 is 14.4 Å². The number of fused-ring (bicyclic) bond motifs is 2. The molecule has 2 aromatic rings. The molecule has 4 nitrogen and oxygen atoms in total. The van der Waals surface area contributed by atoms with Crippen LogP contribution >= 0.6 is 0 Å². The number of aryl methyl sites for hydroxylation is 1. The quantitative estimate of drug-likeness (QED) is 0.529. The van der Waals surface area contributed by atoms with Gasteiger partial charge in [-0.15, -0.1) is 0 Å². The highest BCUT2D eigenvalue weighted by Gasteiger charge is 2.42. The summed E-state index contributed by atoms with van der Waals surface area (Å²) in [5, 5.41) is 0. The van der Waals surface area contributed by atoms with Gasteiger partial charge in [0.1, 0.15) is 18.5 Å². The number of rotatable bonds is 6. The molecule has 1 aromatic heterocycles. The molecule has 1 aromatic carbocycles. The van der Waals surface area contributed by atoms with Crippen molar-refractivity contribution in [3.63, 3.8) is 0 Å². The van der Waals surface area contributed by atoms with Crippen molar-refractivity contribution in [3.8, 4) is 11.5 Å². The second-order valence-corrected chi connectivity index (χ2v) is 8.60. The van der Waals surface area contributed by atoms with Gasteiger partial charge in [-0.1, -0.05) is 12.6 Å². The summed E-state index contributed by atoms with van der Waals surface area (Å²) in [5.74, 6) is 2.04. The van der Waals surface area contributed by atoms with Gasteiger partial charge in [-0.2, -0.15) is 13.2 Å². The number of benzene rings is 1. The lowest BCUT2D eigenvalue weighted by molar-refractivity contribution is -0.137. The van der Waals surface area contributed by atoms with Gasteiger partial charge in [-0.25, -0.2) is 4.98 Å². The van der Waals surface area contributed by atoms with Crippen molar-refractivity contribution in [2.45, 2.75) is 63.9 Å². The van der Waals surface area contributed by atoms with E-state index < -0.39 is 11.7 Å². The summed E-state index contributed by atoms with van der Waals surface area (Å²) in [6.45, 7) is 8.24. The number of halogens is 3. The lowest BCUT2D eigenvalue weighted by atomic mass is 9.99. The maximum atomic E-state index is 12.9. The molecule has 0 amide bonds. The molecule has 2 aliphatic rings. The van der Waals surface area contributed by atoms with Crippen LogP contribution in [0, 0.1) is 6.92 Å². The van der Waals surface area contributed by atoms with Crippen molar-refractivity contribution in [2.24, 2.45) is 0 Å². The molecule has 31 heavy (non-hydrogen) atoms. The van der Waals surface area contributed by atoms with Gasteiger partial charge in [0.2, 0.25) is 0 Å². The van der Waals surface area contributed by atoms with Gasteiger partial charge in [0.05, 0.1) is 5.56 Å². The average molecular weight is 432 g/mol. The normalized spacial score (nSPS) is 23.0. The first-order valence-electron chi connectivity index (χ1n) is 10.6. The molecule has 3 heterocycles. The van der Waals surface area contributed by atoms with Gasteiger partial charge in [-0.05, 0) is 62.1 Å². The third-order valence-corrected chi connectivity index (χ3v) is 5.90. The molecule has 0 saturated carbocycles. The molecule has 0 N–H and O–H groups in total. The smallest absolute Gasteiger partial charge is 0.417 e. The van der Waals surface area contributed by atoms with E-state index in [0.29, 0.717) is 18.2 Å². The molecule has 2 aliphatic heterocycles. The fourth-order valence-electron chi connectivity index (χ4n) is 4.51. The lowest BCUT2D eigenvalue weighted by Gasteiger charge is -2.39.